The third kappa shape index (κ3) is 1.40. The van der Waals surface area contributed by atoms with Crippen LogP contribution in [0.1, 0.15) is 38.1 Å². The molecule has 1 aromatic heterocycles. The van der Waals surface area contributed by atoms with Crippen LogP contribution in [-0.2, 0) is 6.54 Å². The second-order valence-corrected chi connectivity index (χ2v) is 5.05. The van der Waals surface area contributed by atoms with E-state index in [9.17, 15) is 0 Å². The zero-order valence-electron chi connectivity index (χ0n) is 9.76. The molecular formula is C12H20N4. The van der Waals surface area contributed by atoms with Gasteiger partial charge in [0.15, 0.2) is 0 Å². The first-order valence-electron chi connectivity index (χ1n) is 6.34. The van der Waals surface area contributed by atoms with Crippen molar-refractivity contribution in [3.63, 3.8) is 0 Å². The quantitative estimate of drug-likeness (QED) is 0.596. The molecule has 0 bridgehead atoms. The molecule has 2 saturated carbocycles. The molecule has 1 heterocycles. The number of hydrogen-bond acceptors (Lipinski definition) is 3. The Balaban J connectivity index is 1.81. The smallest absolute Gasteiger partial charge is 0.127 e. The van der Waals surface area contributed by atoms with Gasteiger partial charge in [-0.25, -0.2) is 10.4 Å². The number of nitrogens with two attached hydrogens (primary N) is 1. The van der Waals surface area contributed by atoms with Crippen molar-refractivity contribution in [2.24, 2.45) is 23.6 Å². The van der Waals surface area contributed by atoms with E-state index in [4.69, 9.17) is 5.84 Å². The maximum absolute atomic E-state index is 5.73. The maximum Gasteiger partial charge on any atom is 0.127 e. The van der Waals surface area contributed by atoms with Crippen molar-refractivity contribution in [1.29, 1.82) is 0 Å². The van der Waals surface area contributed by atoms with E-state index >= 15 is 0 Å². The van der Waals surface area contributed by atoms with Gasteiger partial charge in [0.1, 0.15) is 5.82 Å². The highest BCUT2D eigenvalue weighted by atomic mass is 15.3. The maximum atomic E-state index is 5.73. The highest BCUT2D eigenvalue weighted by molar-refractivity contribution is 5.12. The third-order valence-corrected chi connectivity index (χ3v) is 4.40. The fraction of sp³-hybridized carbons (Fsp3) is 0.750. The zero-order chi connectivity index (χ0) is 11.1. The Bertz CT molecular complexity index is 363. The molecule has 0 amide bonds. The summed E-state index contributed by atoms with van der Waals surface area (Å²) in [4.78, 5) is 4.47. The number of hydrazine groups is 1. The van der Waals surface area contributed by atoms with Crippen LogP contribution in [0.3, 0.4) is 0 Å². The highest BCUT2D eigenvalue weighted by Gasteiger charge is 2.56. The van der Waals surface area contributed by atoms with Crippen LogP contribution in [-0.4, -0.2) is 9.55 Å². The Morgan fingerprint density at radius 3 is 2.94 bits per heavy atom. The Hall–Kier alpha value is -0.870. The molecule has 0 aromatic carbocycles. The first kappa shape index (κ1) is 10.3. The second kappa shape index (κ2) is 3.86. The van der Waals surface area contributed by atoms with Crippen LogP contribution in [0.25, 0.3) is 0 Å². The number of aromatic nitrogens is 2. The topological polar surface area (TPSA) is 55.9 Å². The van der Waals surface area contributed by atoms with Gasteiger partial charge in [0.05, 0.1) is 6.04 Å². The average molecular weight is 220 g/mol. The van der Waals surface area contributed by atoms with Crippen LogP contribution >= 0.6 is 0 Å². The van der Waals surface area contributed by atoms with Crippen molar-refractivity contribution >= 4 is 0 Å². The number of nitrogens with one attached hydrogen (secondary N) is 1. The van der Waals surface area contributed by atoms with Gasteiger partial charge in [0.25, 0.3) is 0 Å². The van der Waals surface area contributed by atoms with E-state index in [1.807, 2.05) is 12.4 Å². The molecule has 3 rings (SSSR count). The van der Waals surface area contributed by atoms with Crippen LogP contribution in [0.15, 0.2) is 12.4 Å². The van der Waals surface area contributed by atoms with Gasteiger partial charge in [-0.1, -0.05) is 6.42 Å². The number of nitrogens with zero attached hydrogens (tertiary/aromatic N) is 2. The lowest BCUT2D eigenvalue weighted by Gasteiger charge is -2.18. The van der Waals surface area contributed by atoms with Crippen molar-refractivity contribution < 1.29 is 0 Å². The second-order valence-electron chi connectivity index (χ2n) is 5.05. The van der Waals surface area contributed by atoms with Crippen molar-refractivity contribution in [3.05, 3.63) is 18.2 Å². The predicted octanol–water partition coefficient (Wildman–Crippen LogP) is 1.45. The molecule has 0 radical (unpaired) electrons. The summed E-state index contributed by atoms with van der Waals surface area (Å²) in [6, 6.07) is 0.255. The molecular weight excluding hydrogens is 200 g/mol. The van der Waals surface area contributed by atoms with Gasteiger partial charge in [-0.15, -0.1) is 0 Å². The monoisotopic (exact) mass is 220 g/mol. The number of rotatable bonds is 4. The minimum atomic E-state index is 0.255. The summed E-state index contributed by atoms with van der Waals surface area (Å²) >= 11 is 0. The molecule has 16 heavy (non-hydrogen) atoms. The Morgan fingerprint density at radius 1 is 1.56 bits per heavy atom. The molecule has 2 aliphatic carbocycles. The van der Waals surface area contributed by atoms with Crippen molar-refractivity contribution in [1.82, 2.24) is 15.0 Å². The lowest BCUT2D eigenvalue weighted by Crippen LogP contribution is -2.32. The summed E-state index contributed by atoms with van der Waals surface area (Å²) in [6.07, 6.45) is 8.10. The molecule has 88 valence electrons. The minimum Gasteiger partial charge on any atom is -0.334 e. The molecule has 0 saturated heterocycles. The van der Waals surface area contributed by atoms with Gasteiger partial charge in [-0.05, 0) is 37.5 Å². The predicted molar refractivity (Wildman–Crippen MR) is 62.3 cm³/mol. The SMILES string of the molecule is CCn1ccnc1C(NN)C1C2CCCC21. The lowest BCUT2D eigenvalue weighted by molar-refractivity contribution is 0.396. The molecule has 1 aromatic rings. The minimum absolute atomic E-state index is 0.255. The van der Waals surface area contributed by atoms with Crippen LogP contribution in [0.2, 0.25) is 0 Å². The molecule has 0 aliphatic heterocycles. The Labute approximate surface area is 96.2 Å². The number of hydrogen-bond donors (Lipinski definition) is 2. The van der Waals surface area contributed by atoms with Crippen molar-refractivity contribution in [2.75, 3.05) is 0 Å². The van der Waals surface area contributed by atoms with E-state index in [0.29, 0.717) is 0 Å². The zero-order valence-corrected chi connectivity index (χ0v) is 9.76. The lowest BCUT2D eigenvalue weighted by atomic mass is 10.0. The van der Waals surface area contributed by atoms with Crippen molar-refractivity contribution in [3.8, 4) is 0 Å². The van der Waals surface area contributed by atoms with Crippen molar-refractivity contribution in [2.45, 2.75) is 38.8 Å². The fourth-order valence-corrected chi connectivity index (χ4v) is 3.60. The Morgan fingerprint density at radius 2 is 2.31 bits per heavy atom. The van der Waals surface area contributed by atoms with Crippen LogP contribution in [0, 0.1) is 17.8 Å². The summed E-state index contributed by atoms with van der Waals surface area (Å²) in [5.41, 5.74) is 2.99. The van der Waals surface area contributed by atoms with Gasteiger partial charge in [0, 0.05) is 18.9 Å². The molecule has 3 atom stereocenters. The molecule has 3 N–H and O–H groups in total. The molecule has 3 unspecified atom stereocenters. The standard InChI is InChI=1S/C12H20N4/c1-2-16-7-6-14-12(16)11(15-13)10-8-4-3-5-9(8)10/h6-11,15H,2-5,13H2,1H3. The third-order valence-electron chi connectivity index (χ3n) is 4.40. The van der Waals surface area contributed by atoms with Gasteiger partial charge in [0.2, 0.25) is 0 Å². The van der Waals surface area contributed by atoms with E-state index in [0.717, 1.165) is 30.1 Å². The summed E-state index contributed by atoms with van der Waals surface area (Å²) < 4.78 is 2.19. The van der Waals surface area contributed by atoms with Gasteiger partial charge in [-0.3, -0.25) is 5.84 Å². The normalized spacial score (nSPS) is 33.8. The molecule has 0 spiro atoms. The summed E-state index contributed by atoms with van der Waals surface area (Å²) in [5.74, 6) is 9.38. The van der Waals surface area contributed by atoms with Crippen LogP contribution < -0.4 is 11.3 Å². The summed E-state index contributed by atoms with van der Waals surface area (Å²) in [5, 5.41) is 0. The molecule has 4 heteroatoms. The van der Waals surface area contributed by atoms with E-state index in [2.05, 4.69) is 21.9 Å². The van der Waals surface area contributed by atoms with E-state index in [-0.39, 0.29) is 6.04 Å². The number of aryl methyl sites for hydroxylation is 1. The summed E-state index contributed by atoms with van der Waals surface area (Å²) in [7, 11) is 0. The van der Waals surface area contributed by atoms with E-state index in [1.54, 1.807) is 0 Å². The molecule has 4 nitrogen and oxygen atoms in total. The van der Waals surface area contributed by atoms with Gasteiger partial charge in [-0.2, -0.15) is 0 Å². The van der Waals surface area contributed by atoms with Crippen LogP contribution in [0.4, 0.5) is 0 Å². The van der Waals surface area contributed by atoms with Gasteiger partial charge < -0.3 is 4.57 Å². The van der Waals surface area contributed by atoms with E-state index in [1.165, 1.54) is 19.3 Å². The molecule has 2 aliphatic rings. The highest BCUT2D eigenvalue weighted by Crippen LogP contribution is 2.61. The van der Waals surface area contributed by atoms with E-state index < -0.39 is 0 Å². The van der Waals surface area contributed by atoms with Crippen LogP contribution in [0.5, 0.6) is 0 Å². The fourth-order valence-electron chi connectivity index (χ4n) is 3.60. The van der Waals surface area contributed by atoms with Gasteiger partial charge >= 0.3 is 0 Å². The average Bonchev–Trinajstić information content (AvgIpc) is 2.76. The first-order valence-corrected chi connectivity index (χ1v) is 6.34. The largest absolute Gasteiger partial charge is 0.334 e. The first-order chi connectivity index (χ1) is 7.86. The molecule has 2 fully saturated rings. The summed E-state index contributed by atoms with van der Waals surface area (Å²) in [6.45, 7) is 3.11. The number of imidazole rings is 1. The number of fused-ring (bicyclic) bond motifs is 1. The Kier molecular flexibility index (Phi) is 2.48.